The summed E-state index contributed by atoms with van der Waals surface area (Å²) in [4.78, 5) is 32.0. The normalized spacial score (nSPS) is 20.7. The topological polar surface area (TPSA) is 71.1 Å². The maximum Gasteiger partial charge on any atom is 0.255 e. The Balaban J connectivity index is 1.79. The van der Waals surface area contributed by atoms with E-state index in [1.54, 1.807) is 23.6 Å². The number of allylic oxidation sites excluding steroid dienone is 3. The minimum absolute atomic E-state index is 0.0979. The van der Waals surface area contributed by atoms with Gasteiger partial charge in [-0.15, -0.1) is 11.3 Å². The summed E-state index contributed by atoms with van der Waals surface area (Å²) >= 11 is 4.95. The molecule has 30 heavy (non-hydrogen) atoms. The highest BCUT2D eigenvalue weighted by molar-refractivity contribution is 9.10. The number of nitrogens with one attached hydrogen (secondary N) is 2. The number of anilines is 1. The predicted molar refractivity (Wildman–Crippen MR) is 123 cm³/mol. The maximum atomic E-state index is 13.4. The van der Waals surface area contributed by atoms with Crippen LogP contribution in [0.5, 0.6) is 0 Å². The van der Waals surface area contributed by atoms with Gasteiger partial charge in [0, 0.05) is 44.5 Å². The van der Waals surface area contributed by atoms with Gasteiger partial charge in [-0.1, -0.05) is 13.8 Å². The van der Waals surface area contributed by atoms with Gasteiger partial charge in [-0.05, 0) is 70.8 Å². The number of aryl methyl sites for hydroxylation is 1. The van der Waals surface area contributed by atoms with Gasteiger partial charge in [-0.25, -0.2) is 4.98 Å². The molecule has 2 aliphatic rings. The number of rotatable bonds is 3. The minimum Gasteiger partial charge on any atom is -0.362 e. The minimum atomic E-state index is -0.361. The van der Waals surface area contributed by atoms with Gasteiger partial charge >= 0.3 is 0 Å². The van der Waals surface area contributed by atoms with Crippen LogP contribution in [0.25, 0.3) is 0 Å². The van der Waals surface area contributed by atoms with Crippen molar-refractivity contribution in [3.05, 3.63) is 67.2 Å². The second-order valence-electron chi connectivity index (χ2n) is 8.71. The van der Waals surface area contributed by atoms with E-state index in [0.717, 1.165) is 38.3 Å². The lowest BCUT2D eigenvalue weighted by molar-refractivity contribution is -0.118. The number of nitrogens with zero attached hydrogens (tertiary/aromatic N) is 1. The third-order valence-electron chi connectivity index (χ3n) is 5.62. The Kier molecular flexibility index (Phi) is 5.45. The van der Waals surface area contributed by atoms with Crippen LogP contribution < -0.4 is 10.6 Å². The average Bonchev–Trinajstić information content (AvgIpc) is 3.07. The number of aromatic nitrogens is 1. The second kappa shape index (κ2) is 7.78. The van der Waals surface area contributed by atoms with E-state index in [9.17, 15) is 9.59 Å². The Labute approximate surface area is 188 Å². The molecule has 156 valence electrons. The van der Waals surface area contributed by atoms with Gasteiger partial charge in [0.25, 0.3) is 5.91 Å². The van der Waals surface area contributed by atoms with Crippen molar-refractivity contribution < 1.29 is 9.59 Å². The number of dihydropyridines is 1. The molecule has 3 heterocycles. The Bertz CT molecular complexity index is 1100. The number of pyridine rings is 1. The van der Waals surface area contributed by atoms with Gasteiger partial charge in [-0.2, -0.15) is 0 Å². The molecule has 0 saturated heterocycles. The number of hydrogen-bond donors (Lipinski definition) is 2. The molecule has 1 amide bonds. The molecule has 2 aromatic rings. The molecule has 1 aliphatic carbocycles. The highest BCUT2D eigenvalue weighted by Gasteiger charge is 2.43. The van der Waals surface area contributed by atoms with E-state index >= 15 is 0 Å². The summed E-state index contributed by atoms with van der Waals surface area (Å²) in [6.07, 6.45) is 2.91. The Morgan fingerprint density at radius 2 is 2.03 bits per heavy atom. The lowest BCUT2D eigenvalue weighted by atomic mass is 9.69. The second-order valence-corrected chi connectivity index (χ2v) is 10.6. The molecule has 0 fully saturated rings. The number of hydrogen-bond acceptors (Lipinski definition) is 5. The molecule has 0 aromatic carbocycles. The fourth-order valence-electron chi connectivity index (χ4n) is 4.31. The number of Topliss-reactive ketones (excluding diaryl/α,β-unsaturated/α-hetero) is 1. The molecule has 0 radical (unpaired) electrons. The first-order valence-corrected chi connectivity index (χ1v) is 11.5. The SMILES string of the molecule is CC1=C(C(=O)Nc2ccc(Br)cn2)[C@@H](c2sccc2C)C2=C(CC(C)(C)CC2=O)N1. The van der Waals surface area contributed by atoms with Crippen LogP contribution in [-0.4, -0.2) is 16.7 Å². The van der Waals surface area contributed by atoms with E-state index in [1.165, 1.54) is 0 Å². The zero-order chi connectivity index (χ0) is 21.6. The summed E-state index contributed by atoms with van der Waals surface area (Å²) in [6, 6.07) is 5.62. The zero-order valence-corrected chi connectivity index (χ0v) is 19.8. The van der Waals surface area contributed by atoms with Crippen LogP contribution in [0, 0.1) is 12.3 Å². The highest BCUT2D eigenvalue weighted by atomic mass is 79.9. The van der Waals surface area contributed by atoms with Crippen molar-refractivity contribution in [2.45, 2.75) is 46.5 Å². The molecule has 2 N–H and O–H groups in total. The lowest BCUT2D eigenvalue weighted by Crippen LogP contribution is -2.39. The molecule has 0 saturated carbocycles. The summed E-state index contributed by atoms with van der Waals surface area (Å²) in [7, 11) is 0. The number of carbonyl (C=O) groups is 2. The number of thiophene rings is 1. The van der Waals surface area contributed by atoms with Crippen molar-refractivity contribution in [3.63, 3.8) is 0 Å². The smallest absolute Gasteiger partial charge is 0.255 e. The van der Waals surface area contributed by atoms with E-state index < -0.39 is 0 Å². The van der Waals surface area contributed by atoms with Gasteiger partial charge in [0.1, 0.15) is 5.82 Å². The molecule has 4 rings (SSSR count). The largest absolute Gasteiger partial charge is 0.362 e. The van der Waals surface area contributed by atoms with Crippen LogP contribution in [0.1, 0.15) is 50.0 Å². The summed E-state index contributed by atoms with van der Waals surface area (Å²) in [6.45, 7) is 8.17. The molecule has 1 atom stereocenters. The first kappa shape index (κ1) is 21.0. The summed E-state index contributed by atoms with van der Waals surface area (Å²) in [5, 5.41) is 8.32. The van der Waals surface area contributed by atoms with E-state index in [-0.39, 0.29) is 23.0 Å². The van der Waals surface area contributed by atoms with Crippen LogP contribution in [0.2, 0.25) is 0 Å². The van der Waals surface area contributed by atoms with Crippen molar-refractivity contribution in [2.24, 2.45) is 5.41 Å². The van der Waals surface area contributed by atoms with Gasteiger partial charge in [0.2, 0.25) is 0 Å². The Hall–Kier alpha value is -2.25. The fourth-order valence-corrected chi connectivity index (χ4v) is 5.59. The van der Waals surface area contributed by atoms with Gasteiger partial charge in [-0.3, -0.25) is 9.59 Å². The molecular weight excluding hydrogens is 462 g/mol. The van der Waals surface area contributed by atoms with Crippen LogP contribution in [-0.2, 0) is 9.59 Å². The Morgan fingerprint density at radius 3 is 2.67 bits per heavy atom. The summed E-state index contributed by atoms with van der Waals surface area (Å²) in [5.41, 5.74) is 4.04. The molecule has 0 spiro atoms. The summed E-state index contributed by atoms with van der Waals surface area (Å²) in [5.74, 6) is -0.00995. The van der Waals surface area contributed by atoms with E-state index in [0.29, 0.717) is 17.8 Å². The number of carbonyl (C=O) groups excluding carboxylic acids is 2. The first-order valence-electron chi connectivity index (χ1n) is 9.87. The molecule has 0 unspecified atom stereocenters. The molecule has 1 aliphatic heterocycles. The highest BCUT2D eigenvalue weighted by Crippen LogP contribution is 2.48. The number of ketones is 1. The van der Waals surface area contributed by atoms with Crippen molar-refractivity contribution >= 4 is 44.8 Å². The van der Waals surface area contributed by atoms with Crippen molar-refractivity contribution in [3.8, 4) is 0 Å². The summed E-state index contributed by atoms with van der Waals surface area (Å²) < 4.78 is 0.840. The van der Waals surface area contributed by atoms with E-state index in [2.05, 4.69) is 45.4 Å². The van der Waals surface area contributed by atoms with Gasteiger partial charge < -0.3 is 10.6 Å². The Morgan fingerprint density at radius 1 is 1.27 bits per heavy atom. The molecule has 2 aromatic heterocycles. The molecule has 5 nitrogen and oxygen atoms in total. The molecule has 0 bridgehead atoms. The van der Waals surface area contributed by atoms with Gasteiger partial charge in [0.15, 0.2) is 5.78 Å². The predicted octanol–water partition coefficient (Wildman–Crippen LogP) is 5.46. The fraction of sp³-hybridized carbons (Fsp3) is 0.348. The number of amides is 1. The third-order valence-corrected chi connectivity index (χ3v) is 7.17. The van der Waals surface area contributed by atoms with Crippen molar-refractivity contribution in [1.82, 2.24) is 10.3 Å². The van der Waals surface area contributed by atoms with Crippen LogP contribution >= 0.6 is 27.3 Å². The molecular formula is C23H24BrN3O2S. The van der Waals surface area contributed by atoms with Crippen LogP contribution in [0.4, 0.5) is 5.82 Å². The standard InChI is InChI=1S/C23H24BrN3O2S/c1-12-7-8-30-21(12)20-18(22(29)27-17-6-5-14(24)11-25-17)13(2)26-15-9-23(3,4)10-16(28)19(15)20/h5-8,11,20,26H,9-10H2,1-4H3,(H,25,27,29)/t20-/m1/s1. The van der Waals surface area contributed by atoms with Crippen LogP contribution in [0.15, 0.2) is 56.8 Å². The average molecular weight is 486 g/mol. The zero-order valence-electron chi connectivity index (χ0n) is 17.4. The first-order chi connectivity index (χ1) is 14.2. The monoisotopic (exact) mass is 485 g/mol. The van der Waals surface area contributed by atoms with Crippen molar-refractivity contribution in [1.29, 1.82) is 0 Å². The third kappa shape index (κ3) is 3.88. The maximum absolute atomic E-state index is 13.4. The lowest BCUT2D eigenvalue weighted by Gasteiger charge is -2.39. The van der Waals surface area contributed by atoms with Gasteiger partial charge in [0.05, 0.1) is 5.92 Å². The quantitative estimate of drug-likeness (QED) is 0.605. The molecule has 7 heteroatoms. The van der Waals surface area contributed by atoms with Crippen molar-refractivity contribution in [2.75, 3.05) is 5.32 Å². The van der Waals surface area contributed by atoms with E-state index in [1.807, 2.05) is 31.4 Å². The van der Waals surface area contributed by atoms with E-state index in [4.69, 9.17) is 0 Å². The van der Waals surface area contributed by atoms with Crippen LogP contribution in [0.3, 0.4) is 0 Å². The number of halogens is 1.